The molecular weight excluding hydrogens is 254 g/mol. The van der Waals surface area contributed by atoms with Crippen molar-refractivity contribution in [3.8, 4) is 0 Å². The highest BCUT2D eigenvalue weighted by Crippen LogP contribution is 2.19. The number of imidazole rings is 1. The number of nitrogens with zero attached hydrogens (tertiary/aromatic N) is 2. The number of aromatic nitrogens is 2. The van der Waals surface area contributed by atoms with Gasteiger partial charge in [-0.25, -0.2) is 4.79 Å². The van der Waals surface area contributed by atoms with Gasteiger partial charge in [0.15, 0.2) is 0 Å². The molecule has 1 aliphatic rings. The van der Waals surface area contributed by atoms with Crippen molar-refractivity contribution in [3.05, 3.63) is 34.7 Å². The van der Waals surface area contributed by atoms with Crippen molar-refractivity contribution >= 4 is 16.9 Å². The van der Waals surface area contributed by atoms with Gasteiger partial charge in [-0.15, -0.1) is 0 Å². The summed E-state index contributed by atoms with van der Waals surface area (Å²) in [4.78, 5) is 23.7. The number of amides is 1. The molecule has 2 heterocycles. The molecule has 1 N–H and O–H groups in total. The number of para-hydroxylation sites is 2. The summed E-state index contributed by atoms with van der Waals surface area (Å²) in [6.07, 6.45) is 2.34. The molecule has 1 aliphatic heterocycles. The van der Waals surface area contributed by atoms with E-state index in [1.165, 1.54) is 0 Å². The van der Waals surface area contributed by atoms with Crippen LogP contribution in [0.1, 0.15) is 19.3 Å². The smallest absolute Gasteiger partial charge is 0.328 e. The summed E-state index contributed by atoms with van der Waals surface area (Å²) in [6.45, 7) is 1.40. The summed E-state index contributed by atoms with van der Waals surface area (Å²) in [5, 5.41) is 2.89. The van der Waals surface area contributed by atoms with Crippen LogP contribution in [0.5, 0.6) is 0 Å². The van der Waals surface area contributed by atoms with Crippen LogP contribution in [0.15, 0.2) is 29.1 Å². The summed E-state index contributed by atoms with van der Waals surface area (Å²) >= 11 is 0. The van der Waals surface area contributed by atoms with Crippen LogP contribution in [0.3, 0.4) is 0 Å². The Morgan fingerprint density at radius 3 is 2.75 bits per heavy atom. The Labute approximate surface area is 117 Å². The van der Waals surface area contributed by atoms with Crippen LogP contribution in [0.4, 0.5) is 0 Å². The molecule has 5 heteroatoms. The minimum Gasteiger partial charge on any atom is -0.356 e. The maximum atomic E-state index is 12.4. The second-order valence-corrected chi connectivity index (χ2v) is 5.48. The first kappa shape index (κ1) is 13.0. The molecule has 0 saturated carbocycles. The van der Waals surface area contributed by atoms with Gasteiger partial charge in [0.1, 0.15) is 0 Å². The van der Waals surface area contributed by atoms with Gasteiger partial charge in [0.2, 0.25) is 5.91 Å². The molecule has 0 spiro atoms. The van der Waals surface area contributed by atoms with Gasteiger partial charge in [0.05, 0.1) is 11.0 Å². The lowest BCUT2D eigenvalue weighted by Crippen LogP contribution is -2.26. The number of aryl methyl sites for hydroxylation is 1. The van der Waals surface area contributed by atoms with E-state index in [0.717, 1.165) is 23.9 Å². The second-order valence-electron chi connectivity index (χ2n) is 5.48. The zero-order chi connectivity index (χ0) is 14.1. The predicted octanol–water partition coefficient (Wildman–Crippen LogP) is 1.26. The summed E-state index contributed by atoms with van der Waals surface area (Å²) in [7, 11) is 1.80. The molecular formula is C15H19N3O2. The van der Waals surface area contributed by atoms with Gasteiger partial charge in [0, 0.05) is 26.6 Å². The van der Waals surface area contributed by atoms with E-state index in [4.69, 9.17) is 0 Å². The third-order valence-electron chi connectivity index (χ3n) is 4.15. The lowest BCUT2D eigenvalue weighted by atomic mass is 10.0. The Hall–Kier alpha value is -2.04. The maximum Gasteiger partial charge on any atom is 0.328 e. The third kappa shape index (κ3) is 2.24. The Bertz CT molecular complexity index is 699. The molecule has 3 rings (SSSR count). The van der Waals surface area contributed by atoms with E-state index in [-0.39, 0.29) is 11.6 Å². The molecule has 0 radical (unpaired) electrons. The Morgan fingerprint density at radius 1 is 1.20 bits per heavy atom. The van der Waals surface area contributed by atoms with Gasteiger partial charge < -0.3 is 5.32 Å². The summed E-state index contributed by atoms with van der Waals surface area (Å²) in [5.41, 5.74) is 1.96. The van der Waals surface area contributed by atoms with Gasteiger partial charge in [-0.3, -0.25) is 13.9 Å². The fraction of sp³-hybridized carbons (Fsp3) is 0.467. The Kier molecular flexibility index (Phi) is 3.34. The highest BCUT2D eigenvalue weighted by molar-refractivity contribution is 5.76. The van der Waals surface area contributed by atoms with Gasteiger partial charge >= 0.3 is 5.69 Å². The molecule has 106 valence electrons. The molecule has 0 bridgehead atoms. The van der Waals surface area contributed by atoms with E-state index >= 15 is 0 Å². The van der Waals surface area contributed by atoms with Crippen LogP contribution in [-0.2, 0) is 18.4 Å². The molecule has 5 nitrogen and oxygen atoms in total. The third-order valence-corrected chi connectivity index (χ3v) is 4.15. The summed E-state index contributed by atoms with van der Waals surface area (Å²) in [6, 6.07) is 7.85. The molecule has 0 aliphatic carbocycles. The van der Waals surface area contributed by atoms with Crippen LogP contribution in [-0.4, -0.2) is 21.6 Å². The van der Waals surface area contributed by atoms with Gasteiger partial charge in [-0.05, 0) is 30.9 Å². The molecule has 20 heavy (non-hydrogen) atoms. The summed E-state index contributed by atoms with van der Waals surface area (Å²) < 4.78 is 3.53. The number of carbonyl (C=O) groups excluding carboxylic acids is 1. The first-order chi connectivity index (χ1) is 9.66. The average molecular weight is 273 g/mol. The molecule has 1 aromatic heterocycles. The highest BCUT2D eigenvalue weighted by Gasteiger charge is 2.19. The van der Waals surface area contributed by atoms with Crippen molar-refractivity contribution in [3.63, 3.8) is 0 Å². The molecule has 1 atom stereocenters. The van der Waals surface area contributed by atoms with Crippen LogP contribution in [0, 0.1) is 5.92 Å². The van der Waals surface area contributed by atoms with Gasteiger partial charge in [0.25, 0.3) is 0 Å². The van der Waals surface area contributed by atoms with Crippen molar-refractivity contribution in [2.24, 2.45) is 13.0 Å². The molecule has 1 fully saturated rings. The number of carbonyl (C=O) groups is 1. The number of hydrogen-bond acceptors (Lipinski definition) is 2. The van der Waals surface area contributed by atoms with Gasteiger partial charge in [-0.2, -0.15) is 0 Å². The van der Waals surface area contributed by atoms with E-state index in [1.54, 1.807) is 11.6 Å². The van der Waals surface area contributed by atoms with E-state index in [9.17, 15) is 9.59 Å². The first-order valence-electron chi connectivity index (χ1n) is 7.08. The molecule has 1 unspecified atom stereocenters. The van der Waals surface area contributed by atoms with Crippen molar-refractivity contribution in [2.75, 3.05) is 6.54 Å². The van der Waals surface area contributed by atoms with E-state index in [0.29, 0.717) is 25.4 Å². The standard InChI is InChI=1S/C15H19N3O2/c1-17-12-4-2-3-5-13(12)18(15(17)20)10-11-6-7-14(19)16-9-8-11/h2-5,11H,6-10H2,1H3,(H,16,19). The minimum atomic E-state index is 0.0229. The van der Waals surface area contributed by atoms with Crippen molar-refractivity contribution < 1.29 is 4.79 Å². The number of rotatable bonds is 2. The number of fused-ring (bicyclic) bond motifs is 1. The van der Waals surface area contributed by atoms with Crippen LogP contribution < -0.4 is 11.0 Å². The average Bonchev–Trinajstić information content (AvgIpc) is 2.61. The monoisotopic (exact) mass is 273 g/mol. The van der Waals surface area contributed by atoms with Crippen LogP contribution in [0.2, 0.25) is 0 Å². The maximum absolute atomic E-state index is 12.4. The normalized spacial score (nSPS) is 19.9. The fourth-order valence-corrected chi connectivity index (χ4v) is 2.96. The number of hydrogen-bond donors (Lipinski definition) is 1. The zero-order valence-corrected chi connectivity index (χ0v) is 11.6. The molecule has 1 aromatic carbocycles. The first-order valence-corrected chi connectivity index (χ1v) is 7.08. The molecule has 1 saturated heterocycles. The fourth-order valence-electron chi connectivity index (χ4n) is 2.96. The van der Waals surface area contributed by atoms with Gasteiger partial charge in [-0.1, -0.05) is 12.1 Å². The Balaban J connectivity index is 1.93. The van der Waals surface area contributed by atoms with Crippen LogP contribution in [0.25, 0.3) is 11.0 Å². The molecule has 2 aromatic rings. The zero-order valence-electron chi connectivity index (χ0n) is 11.6. The van der Waals surface area contributed by atoms with E-state index in [1.807, 2.05) is 28.8 Å². The lowest BCUT2D eigenvalue weighted by Gasteiger charge is -2.13. The van der Waals surface area contributed by atoms with Crippen LogP contribution >= 0.6 is 0 Å². The van der Waals surface area contributed by atoms with E-state index in [2.05, 4.69) is 5.32 Å². The quantitative estimate of drug-likeness (QED) is 0.895. The largest absolute Gasteiger partial charge is 0.356 e. The van der Waals surface area contributed by atoms with Crippen molar-refractivity contribution in [1.82, 2.24) is 14.5 Å². The number of nitrogens with one attached hydrogen (secondary N) is 1. The second kappa shape index (κ2) is 5.15. The predicted molar refractivity (Wildman–Crippen MR) is 77.5 cm³/mol. The van der Waals surface area contributed by atoms with Crippen molar-refractivity contribution in [1.29, 1.82) is 0 Å². The minimum absolute atomic E-state index is 0.0229. The lowest BCUT2D eigenvalue weighted by molar-refractivity contribution is -0.120. The summed E-state index contributed by atoms with van der Waals surface area (Å²) in [5.74, 6) is 0.496. The van der Waals surface area contributed by atoms with E-state index < -0.39 is 0 Å². The highest BCUT2D eigenvalue weighted by atomic mass is 16.2. The van der Waals surface area contributed by atoms with Crippen molar-refractivity contribution in [2.45, 2.75) is 25.8 Å². The topological polar surface area (TPSA) is 56.0 Å². The SMILES string of the molecule is Cn1c(=O)n(CC2CCNC(=O)CC2)c2ccccc21. The molecule has 1 amide bonds. The number of benzene rings is 1. The Morgan fingerprint density at radius 2 is 1.95 bits per heavy atom.